The third-order valence-electron chi connectivity index (χ3n) is 3.30. The number of esters is 2. The van der Waals surface area contributed by atoms with Crippen molar-refractivity contribution < 1.29 is 19.1 Å². The van der Waals surface area contributed by atoms with Crippen LogP contribution in [0.5, 0.6) is 0 Å². The molecule has 0 aromatic rings. The Morgan fingerprint density at radius 2 is 1.60 bits per heavy atom. The van der Waals surface area contributed by atoms with Crippen molar-refractivity contribution in [2.45, 2.75) is 38.9 Å². The Hall–Kier alpha value is -2.42. The fourth-order valence-corrected chi connectivity index (χ4v) is 2.20. The Morgan fingerprint density at radius 3 is 2.12 bits per heavy atom. The molecule has 9 heteroatoms. The van der Waals surface area contributed by atoms with Gasteiger partial charge in [0.25, 0.3) is 0 Å². The highest BCUT2D eigenvalue weighted by atomic mass is 16.6. The van der Waals surface area contributed by atoms with Crippen molar-refractivity contribution in [3.05, 3.63) is 12.2 Å². The second-order valence-corrected chi connectivity index (χ2v) is 7.08. The molecule has 0 atom stereocenters. The largest absolute Gasteiger partial charge is 0.452 e. The van der Waals surface area contributed by atoms with Gasteiger partial charge < -0.3 is 20.9 Å². The molecule has 1 heterocycles. The number of nitrogens with two attached hydrogens (primary N) is 2. The molecule has 5 N–H and O–H groups in total. The van der Waals surface area contributed by atoms with E-state index in [1.165, 1.54) is 0 Å². The minimum absolute atomic E-state index is 0.0660. The average molecular weight is 353 g/mol. The average Bonchev–Trinajstić information content (AvgIpc) is 2.95. The first-order valence-electron chi connectivity index (χ1n) is 7.90. The van der Waals surface area contributed by atoms with Gasteiger partial charge in [-0.3, -0.25) is 15.3 Å². The molecule has 0 aromatic carbocycles. The van der Waals surface area contributed by atoms with Gasteiger partial charge in [0.15, 0.2) is 0 Å². The topological polar surface area (TPSA) is 144 Å². The first-order valence-corrected chi connectivity index (χ1v) is 7.90. The number of rotatable bonds is 6. The van der Waals surface area contributed by atoms with E-state index in [1.54, 1.807) is 27.7 Å². The van der Waals surface area contributed by atoms with Gasteiger partial charge in [0.05, 0.1) is 6.54 Å². The van der Waals surface area contributed by atoms with Gasteiger partial charge in [0, 0.05) is 19.6 Å². The summed E-state index contributed by atoms with van der Waals surface area (Å²) in [4.78, 5) is 29.5. The molecule has 0 fully saturated rings. The highest BCUT2D eigenvalue weighted by Gasteiger charge is 2.29. The SMILES string of the molecule is CC(C)(CN=C(N)C(=O)OC(C)(C)CN1CC=CC1)OC(=O)C(=N)N. The number of carbonyl (C=O) groups is 2. The molecule has 1 aliphatic rings. The smallest absolute Gasteiger partial charge is 0.373 e. The Bertz CT molecular complexity index is 587. The maximum Gasteiger partial charge on any atom is 0.373 e. The van der Waals surface area contributed by atoms with Crippen molar-refractivity contribution in [1.29, 1.82) is 5.41 Å². The second kappa shape index (κ2) is 8.11. The molecular formula is C16H27N5O4. The van der Waals surface area contributed by atoms with Crippen LogP contribution in [0.2, 0.25) is 0 Å². The van der Waals surface area contributed by atoms with Gasteiger partial charge in [0.1, 0.15) is 11.2 Å². The van der Waals surface area contributed by atoms with Crippen LogP contribution < -0.4 is 11.5 Å². The number of carbonyl (C=O) groups excluding carboxylic acids is 2. The zero-order chi connectivity index (χ0) is 19.3. The molecule has 0 bridgehead atoms. The Balaban J connectivity index is 2.57. The molecule has 1 rings (SSSR count). The lowest BCUT2D eigenvalue weighted by Crippen LogP contribution is -2.44. The summed E-state index contributed by atoms with van der Waals surface area (Å²) in [5.74, 6) is -2.70. The van der Waals surface area contributed by atoms with Crippen molar-refractivity contribution in [2.75, 3.05) is 26.2 Å². The highest BCUT2D eigenvalue weighted by molar-refractivity contribution is 6.35. The summed E-state index contributed by atoms with van der Waals surface area (Å²) < 4.78 is 10.4. The van der Waals surface area contributed by atoms with Gasteiger partial charge in [-0.05, 0) is 27.7 Å². The van der Waals surface area contributed by atoms with Crippen LogP contribution in [0.3, 0.4) is 0 Å². The van der Waals surface area contributed by atoms with Crippen LogP contribution in [0.25, 0.3) is 0 Å². The van der Waals surface area contributed by atoms with E-state index in [9.17, 15) is 9.59 Å². The van der Waals surface area contributed by atoms with Crippen molar-refractivity contribution in [3.8, 4) is 0 Å². The zero-order valence-corrected chi connectivity index (χ0v) is 15.2. The molecule has 0 aromatic heterocycles. The number of nitrogens with zero attached hydrogens (tertiary/aromatic N) is 2. The van der Waals surface area contributed by atoms with Crippen LogP contribution >= 0.6 is 0 Å². The summed E-state index contributed by atoms with van der Waals surface area (Å²) in [7, 11) is 0. The van der Waals surface area contributed by atoms with E-state index in [4.69, 9.17) is 26.4 Å². The van der Waals surface area contributed by atoms with E-state index in [1.807, 2.05) is 0 Å². The molecule has 140 valence electrons. The van der Waals surface area contributed by atoms with Crippen LogP contribution in [0.4, 0.5) is 0 Å². The summed E-state index contributed by atoms with van der Waals surface area (Å²) in [6.07, 6.45) is 4.11. The molecular weight excluding hydrogens is 326 g/mol. The van der Waals surface area contributed by atoms with Crippen molar-refractivity contribution in [3.63, 3.8) is 0 Å². The molecule has 0 aliphatic carbocycles. The van der Waals surface area contributed by atoms with Crippen molar-refractivity contribution >= 4 is 23.6 Å². The summed E-state index contributed by atoms with van der Waals surface area (Å²) in [5, 5.41) is 7.02. The van der Waals surface area contributed by atoms with Crippen LogP contribution in [-0.4, -0.2) is 65.9 Å². The van der Waals surface area contributed by atoms with E-state index in [0.29, 0.717) is 6.54 Å². The fourth-order valence-electron chi connectivity index (χ4n) is 2.20. The van der Waals surface area contributed by atoms with E-state index in [0.717, 1.165) is 13.1 Å². The molecule has 0 spiro atoms. The maximum absolute atomic E-state index is 12.1. The van der Waals surface area contributed by atoms with Crippen molar-refractivity contribution in [1.82, 2.24) is 4.90 Å². The monoisotopic (exact) mass is 353 g/mol. The minimum atomic E-state index is -1.07. The number of amidine groups is 2. The number of ether oxygens (including phenoxy) is 2. The first-order chi connectivity index (χ1) is 11.4. The lowest BCUT2D eigenvalue weighted by atomic mass is 10.1. The molecule has 1 aliphatic heterocycles. The zero-order valence-electron chi connectivity index (χ0n) is 15.2. The molecule has 0 saturated carbocycles. The van der Waals surface area contributed by atoms with Crippen LogP contribution in [0.15, 0.2) is 17.1 Å². The number of hydrogen-bond acceptors (Lipinski definition) is 7. The van der Waals surface area contributed by atoms with Crippen LogP contribution in [-0.2, 0) is 19.1 Å². The molecule has 0 unspecified atom stereocenters. The maximum atomic E-state index is 12.1. The van der Waals surface area contributed by atoms with E-state index in [-0.39, 0.29) is 12.4 Å². The summed E-state index contributed by atoms with van der Waals surface area (Å²) in [5.41, 5.74) is 8.93. The summed E-state index contributed by atoms with van der Waals surface area (Å²) >= 11 is 0. The quantitative estimate of drug-likeness (QED) is 0.259. The molecule has 25 heavy (non-hydrogen) atoms. The number of hydrogen-bond donors (Lipinski definition) is 3. The predicted molar refractivity (Wildman–Crippen MR) is 94.3 cm³/mol. The Morgan fingerprint density at radius 1 is 1.08 bits per heavy atom. The van der Waals surface area contributed by atoms with Gasteiger partial charge in [-0.2, -0.15) is 0 Å². The van der Waals surface area contributed by atoms with Gasteiger partial charge in [-0.1, -0.05) is 12.2 Å². The van der Waals surface area contributed by atoms with E-state index >= 15 is 0 Å². The highest BCUT2D eigenvalue weighted by Crippen LogP contribution is 2.14. The minimum Gasteiger partial charge on any atom is -0.452 e. The van der Waals surface area contributed by atoms with Gasteiger partial charge >= 0.3 is 11.9 Å². The Kier molecular flexibility index (Phi) is 6.69. The standard InChI is InChI=1S/C16H27N5O4/c1-15(2,24-13(22)11(17)18)9-20-12(19)14(23)25-16(3,4)10-21-7-5-6-8-21/h5-6H,7-10H2,1-4H3,(H3,17,18)(H2,19,20). The molecule has 0 amide bonds. The summed E-state index contributed by atoms with van der Waals surface area (Å²) in [6.45, 7) is 8.88. The predicted octanol–water partition coefficient (Wildman–Crippen LogP) is -0.205. The fraction of sp³-hybridized carbons (Fsp3) is 0.625. The van der Waals surface area contributed by atoms with Gasteiger partial charge in [0.2, 0.25) is 11.7 Å². The Labute approximate surface area is 147 Å². The van der Waals surface area contributed by atoms with Crippen LogP contribution in [0.1, 0.15) is 27.7 Å². The van der Waals surface area contributed by atoms with Gasteiger partial charge in [-0.15, -0.1) is 0 Å². The normalized spacial score (nSPS) is 15.9. The summed E-state index contributed by atoms with van der Waals surface area (Å²) in [6, 6.07) is 0. The number of aliphatic imine (C=N–C) groups is 1. The third kappa shape index (κ3) is 7.34. The molecule has 9 nitrogen and oxygen atoms in total. The molecule has 0 saturated heterocycles. The van der Waals surface area contributed by atoms with E-state index < -0.39 is 29.0 Å². The first kappa shape index (κ1) is 20.6. The van der Waals surface area contributed by atoms with E-state index in [2.05, 4.69) is 22.0 Å². The second-order valence-electron chi connectivity index (χ2n) is 7.08. The number of nitrogens with one attached hydrogen (secondary N) is 1. The molecule has 0 radical (unpaired) electrons. The van der Waals surface area contributed by atoms with Crippen molar-refractivity contribution in [2.24, 2.45) is 16.5 Å². The third-order valence-corrected chi connectivity index (χ3v) is 3.30. The van der Waals surface area contributed by atoms with Crippen LogP contribution in [0, 0.1) is 5.41 Å². The lowest BCUT2D eigenvalue weighted by Gasteiger charge is -2.29. The van der Waals surface area contributed by atoms with Gasteiger partial charge in [-0.25, -0.2) is 9.59 Å². The lowest BCUT2D eigenvalue weighted by molar-refractivity contribution is -0.149.